The molecule has 1 amide bonds. The smallest absolute Gasteiger partial charge is 0.234 e. The van der Waals surface area contributed by atoms with Gasteiger partial charge in [-0.15, -0.1) is 10.2 Å². The van der Waals surface area contributed by atoms with Crippen molar-refractivity contribution in [2.45, 2.75) is 58.8 Å². The molecule has 3 rings (SSSR count). The van der Waals surface area contributed by atoms with Crippen molar-refractivity contribution in [2.75, 3.05) is 6.54 Å². The van der Waals surface area contributed by atoms with E-state index in [9.17, 15) is 4.79 Å². The van der Waals surface area contributed by atoms with Crippen LogP contribution < -0.4 is 5.32 Å². The van der Waals surface area contributed by atoms with E-state index in [0.29, 0.717) is 19.4 Å². The van der Waals surface area contributed by atoms with Gasteiger partial charge in [0.15, 0.2) is 5.82 Å². The van der Waals surface area contributed by atoms with Crippen LogP contribution in [0.5, 0.6) is 0 Å². The first kappa shape index (κ1) is 19.5. The molecule has 3 aromatic rings. The number of hydrogen-bond acceptors (Lipinski definition) is 5. The summed E-state index contributed by atoms with van der Waals surface area (Å²) in [6.07, 6.45) is 2.99. The van der Waals surface area contributed by atoms with Crippen LogP contribution in [-0.2, 0) is 23.1 Å². The zero-order valence-corrected chi connectivity index (χ0v) is 17.3. The van der Waals surface area contributed by atoms with Gasteiger partial charge in [-0.3, -0.25) is 4.79 Å². The summed E-state index contributed by atoms with van der Waals surface area (Å²) < 4.78 is 1.73. The maximum atomic E-state index is 12.0. The maximum Gasteiger partial charge on any atom is 0.234 e. The lowest BCUT2D eigenvalue weighted by molar-refractivity contribution is -0.121. The zero-order valence-electron chi connectivity index (χ0n) is 16.5. The van der Waals surface area contributed by atoms with E-state index in [1.165, 1.54) is 22.5 Å². The summed E-state index contributed by atoms with van der Waals surface area (Å²) in [5.74, 6) is 0.841. The average molecular weight is 386 g/mol. The summed E-state index contributed by atoms with van der Waals surface area (Å²) in [5, 5.41) is 16.4. The molecule has 0 aliphatic carbocycles. The van der Waals surface area contributed by atoms with Crippen molar-refractivity contribution in [3.8, 4) is 0 Å². The Morgan fingerprint density at radius 2 is 1.89 bits per heavy atom. The number of benzene rings is 1. The van der Waals surface area contributed by atoms with Gasteiger partial charge >= 0.3 is 0 Å². The lowest BCUT2D eigenvalue weighted by Gasteiger charge is -2.19. The second-order valence-corrected chi connectivity index (χ2v) is 8.88. The molecule has 0 unspecified atom stereocenters. The molecule has 0 bridgehead atoms. The molecule has 27 heavy (non-hydrogen) atoms. The molecule has 1 aromatic carbocycles. The predicted octanol–water partition coefficient (Wildman–Crippen LogP) is 3.47. The average Bonchev–Trinajstić information content (AvgIpc) is 3.18. The quantitative estimate of drug-likeness (QED) is 0.632. The standard InChI is InChI=1S/C20H27N5OS/c1-14-22-23-19-25(14)24-18(27-19)12-11-17(26)21-13-5-6-15-7-9-16(10-8-15)20(2,3)4/h7-10H,5-6,11-13H2,1-4H3,(H,21,26). The fourth-order valence-electron chi connectivity index (χ4n) is 2.86. The van der Waals surface area contributed by atoms with Crippen LogP contribution in [0.25, 0.3) is 4.96 Å². The summed E-state index contributed by atoms with van der Waals surface area (Å²) in [7, 11) is 0. The Labute approximate surface area is 164 Å². The molecule has 0 atom stereocenters. The zero-order chi connectivity index (χ0) is 19.4. The maximum absolute atomic E-state index is 12.0. The molecular weight excluding hydrogens is 358 g/mol. The van der Waals surface area contributed by atoms with E-state index in [2.05, 4.69) is 65.6 Å². The number of hydrogen-bond donors (Lipinski definition) is 1. The van der Waals surface area contributed by atoms with Gasteiger partial charge in [-0.05, 0) is 36.3 Å². The fraction of sp³-hybridized carbons (Fsp3) is 0.500. The van der Waals surface area contributed by atoms with Crippen molar-refractivity contribution < 1.29 is 4.79 Å². The monoisotopic (exact) mass is 385 g/mol. The van der Waals surface area contributed by atoms with Crippen LogP contribution in [0.4, 0.5) is 0 Å². The number of aryl methyl sites for hydroxylation is 3. The topological polar surface area (TPSA) is 72.2 Å². The van der Waals surface area contributed by atoms with Crippen molar-refractivity contribution in [3.05, 3.63) is 46.2 Å². The van der Waals surface area contributed by atoms with Gasteiger partial charge in [-0.2, -0.15) is 9.61 Å². The van der Waals surface area contributed by atoms with Gasteiger partial charge in [0, 0.05) is 19.4 Å². The van der Waals surface area contributed by atoms with E-state index in [1.54, 1.807) is 4.52 Å². The van der Waals surface area contributed by atoms with Crippen LogP contribution in [0, 0.1) is 6.92 Å². The molecule has 0 saturated heterocycles. The largest absolute Gasteiger partial charge is 0.356 e. The number of nitrogens with zero attached hydrogens (tertiary/aromatic N) is 4. The molecule has 0 saturated carbocycles. The first-order chi connectivity index (χ1) is 12.8. The van der Waals surface area contributed by atoms with E-state index in [-0.39, 0.29) is 11.3 Å². The minimum absolute atomic E-state index is 0.0702. The van der Waals surface area contributed by atoms with Crippen LogP contribution in [0.3, 0.4) is 0 Å². The van der Waals surface area contributed by atoms with E-state index in [4.69, 9.17) is 0 Å². The van der Waals surface area contributed by atoms with Crippen LogP contribution in [0.2, 0.25) is 0 Å². The Morgan fingerprint density at radius 1 is 1.15 bits per heavy atom. The third-order valence-corrected chi connectivity index (χ3v) is 5.50. The number of fused-ring (bicyclic) bond motifs is 1. The van der Waals surface area contributed by atoms with Crippen molar-refractivity contribution in [2.24, 2.45) is 0 Å². The first-order valence-electron chi connectivity index (χ1n) is 9.37. The molecule has 0 aliphatic heterocycles. The van der Waals surface area contributed by atoms with Gasteiger partial charge in [-0.1, -0.05) is 56.4 Å². The van der Waals surface area contributed by atoms with Gasteiger partial charge < -0.3 is 5.32 Å². The number of nitrogens with one attached hydrogen (secondary N) is 1. The minimum Gasteiger partial charge on any atom is -0.356 e. The molecule has 1 N–H and O–H groups in total. The Kier molecular flexibility index (Phi) is 5.89. The fourth-order valence-corrected chi connectivity index (χ4v) is 3.73. The van der Waals surface area contributed by atoms with Crippen molar-refractivity contribution in [1.29, 1.82) is 0 Å². The summed E-state index contributed by atoms with van der Waals surface area (Å²) >= 11 is 1.49. The molecule has 0 spiro atoms. The van der Waals surface area contributed by atoms with E-state index in [1.807, 2.05) is 6.92 Å². The highest BCUT2D eigenvalue weighted by atomic mass is 32.1. The number of carbonyl (C=O) groups excluding carboxylic acids is 1. The number of rotatable bonds is 7. The molecule has 7 heteroatoms. The summed E-state index contributed by atoms with van der Waals surface area (Å²) in [5.41, 5.74) is 2.84. The number of carbonyl (C=O) groups is 1. The van der Waals surface area contributed by atoms with Crippen LogP contribution in [-0.4, -0.2) is 32.3 Å². The minimum atomic E-state index is 0.0702. The van der Waals surface area contributed by atoms with Gasteiger partial charge in [0.2, 0.25) is 10.9 Å². The van der Waals surface area contributed by atoms with E-state index >= 15 is 0 Å². The van der Waals surface area contributed by atoms with Crippen molar-refractivity contribution in [1.82, 2.24) is 25.1 Å². The summed E-state index contributed by atoms with van der Waals surface area (Å²) in [6.45, 7) is 9.23. The van der Waals surface area contributed by atoms with Crippen molar-refractivity contribution in [3.63, 3.8) is 0 Å². The summed E-state index contributed by atoms with van der Waals surface area (Å²) in [6, 6.07) is 8.79. The Morgan fingerprint density at radius 3 is 2.56 bits per heavy atom. The molecule has 0 aliphatic rings. The third kappa shape index (κ3) is 5.13. The lowest BCUT2D eigenvalue weighted by Crippen LogP contribution is -2.25. The van der Waals surface area contributed by atoms with Crippen LogP contribution >= 0.6 is 11.3 Å². The normalized spacial score (nSPS) is 11.9. The highest BCUT2D eigenvalue weighted by molar-refractivity contribution is 7.16. The van der Waals surface area contributed by atoms with Gasteiger partial charge in [-0.25, -0.2) is 0 Å². The van der Waals surface area contributed by atoms with Crippen LogP contribution in [0.15, 0.2) is 24.3 Å². The highest BCUT2D eigenvalue weighted by Gasteiger charge is 2.13. The molecule has 0 radical (unpaired) electrons. The molecular formula is C20H27N5OS. The van der Waals surface area contributed by atoms with E-state index < -0.39 is 0 Å². The second-order valence-electron chi connectivity index (χ2n) is 7.84. The van der Waals surface area contributed by atoms with Gasteiger partial charge in [0.25, 0.3) is 0 Å². The molecule has 2 aromatic heterocycles. The first-order valence-corrected chi connectivity index (χ1v) is 10.2. The predicted molar refractivity (Wildman–Crippen MR) is 108 cm³/mol. The lowest BCUT2D eigenvalue weighted by atomic mass is 9.86. The number of aromatic nitrogens is 4. The van der Waals surface area contributed by atoms with Crippen molar-refractivity contribution >= 4 is 22.2 Å². The Bertz CT molecular complexity index is 905. The number of amides is 1. The van der Waals surface area contributed by atoms with Gasteiger partial charge in [0.05, 0.1) is 0 Å². The molecule has 6 nitrogen and oxygen atoms in total. The van der Waals surface area contributed by atoms with Crippen LogP contribution in [0.1, 0.15) is 55.6 Å². The molecule has 0 fully saturated rings. The van der Waals surface area contributed by atoms with Gasteiger partial charge in [0.1, 0.15) is 5.01 Å². The van der Waals surface area contributed by atoms with E-state index in [0.717, 1.165) is 28.6 Å². The summed E-state index contributed by atoms with van der Waals surface area (Å²) in [4.78, 5) is 12.8. The highest BCUT2D eigenvalue weighted by Crippen LogP contribution is 2.22. The second kappa shape index (κ2) is 8.17. The molecule has 144 valence electrons. The molecule has 2 heterocycles. The SMILES string of the molecule is Cc1nnc2sc(CCC(=O)NCCCc3ccc(C(C)(C)C)cc3)nn12. The third-order valence-electron chi connectivity index (χ3n) is 4.54. The Balaban J connectivity index is 1.37. The Hall–Kier alpha value is -2.28.